The minimum Gasteiger partial charge on any atom is -0.454 e. The van der Waals surface area contributed by atoms with E-state index < -0.39 is 0 Å². The number of hydrogen-bond acceptors (Lipinski definition) is 4. The number of fused-ring (bicyclic) bond motifs is 1. The van der Waals surface area contributed by atoms with Crippen molar-refractivity contribution in [3.8, 4) is 11.5 Å². The molecule has 124 valence electrons. The van der Waals surface area contributed by atoms with Gasteiger partial charge in [0, 0.05) is 22.6 Å². The number of carbonyl (C=O) groups is 1. The molecule has 0 radical (unpaired) electrons. The van der Waals surface area contributed by atoms with Crippen molar-refractivity contribution in [3.05, 3.63) is 78.4 Å². The van der Waals surface area contributed by atoms with Crippen LogP contribution >= 0.6 is 0 Å². The summed E-state index contributed by atoms with van der Waals surface area (Å²) in [5.74, 6) is 1.06. The molecule has 1 aliphatic rings. The fourth-order valence-electron chi connectivity index (χ4n) is 2.57. The molecular formula is C20H16N2O3. The standard InChI is InChI=1S/C20H16N2O3/c23-20(14-6-11-18-19(12-14)25-13-24-18)22-17-9-7-16(8-10-17)21-15-4-2-1-3-5-15/h1-12,21H,13H2,(H,22,23). The number of para-hydroxylation sites is 1. The molecule has 1 heterocycles. The van der Waals surface area contributed by atoms with E-state index in [1.165, 1.54) is 0 Å². The Kier molecular flexibility index (Phi) is 3.96. The number of amides is 1. The number of rotatable bonds is 4. The molecule has 1 aliphatic heterocycles. The van der Waals surface area contributed by atoms with E-state index in [-0.39, 0.29) is 12.7 Å². The summed E-state index contributed by atoms with van der Waals surface area (Å²) in [5, 5.41) is 6.18. The first-order chi connectivity index (χ1) is 12.3. The van der Waals surface area contributed by atoms with Crippen LogP contribution < -0.4 is 20.1 Å². The SMILES string of the molecule is O=C(Nc1ccc(Nc2ccccc2)cc1)c1ccc2c(c1)OCO2. The molecule has 0 saturated heterocycles. The van der Waals surface area contributed by atoms with Gasteiger partial charge in [-0.3, -0.25) is 4.79 Å². The summed E-state index contributed by atoms with van der Waals surface area (Å²) >= 11 is 0. The maximum Gasteiger partial charge on any atom is 0.255 e. The second-order valence-electron chi connectivity index (χ2n) is 5.59. The summed E-state index contributed by atoms with van der Waals surface area (Å²) in [5.41, 5.74) is 3.21. The van der Waals surface area contributed by atoms with Crippen LogP contribution in [0.25, 0.3) is 0 Å². The Morgan fingerprint density at radius 3 is 2.24 bits per heavy atom. The van der Waals surface area contributed by atoms with Crippen molar-refractivity contribution in [1.82, 2.24) is 0 Å². The van der Waals surface area contributed by atoms with Crippen molar-refractivity contribution < 1.29 is 14.3 Å². The normalized spacial score (nSPS) is 11.8. The quantitative estimate of drug-likeness (QED) is 0.743. The van der Waals surface area contributed by atoms with Gasteiger partial charge in [-0.15, -0.1) is 0 Å². The molecule has 0 aliphatic carbocycles. The highest BCUT2D eigenvalue weighted by atomic mass is 16.7. The zero-order valence-corrected chi connectivity index (χ0v) is 13.4. The summed E-state index contributed by atoms with van der Waals surface area (Å²) < 4.78 is 10.6. The van der Waals surface area contributed by atoms with Gasteiger partial charge < -0.3 is 20.1 Å². The molecule has 0 fully saturated rings. The highest BCUT2D eigenvalue weighted by Crippen LogP contribution is 2.32. The molecule has 0 unspecified atom stereocenters. The highest BCUT2D eigenvalue weighted by Gasteiger charge is 2.16. The number of carbonyl (C=O) groups excluding carboxylic acids is 1. The zero-order valence-electron chi connectivity index (χ0n) is 13.4. The van der Waals surface area contributed by atoms with Gasteiger partial charge in [0.15, 0.2) is 11.5 Å². The van der Waals surface area contributed by atoms with E-state index in [1.54, 1.807) is 18.2 Å². The predicted octanol–water partition coefficient (Wildman–Crippen LogP) is 4.41. The summed E-state index contributed by atoms with van der Waals surface area (Å²) in [6.07, 6.45) is 0. The van der Waals surface area contributed by atoms with Gasteiger partial charge in [0.2, 0.25) is 6.79 Å². The summed E-state index contributed by atoms with van der Waals surface area (Å²) in [4.78, 5) is 12.4. The fraction of sp³-hybridized carbons (Fsp3) is 0.0500. The predicted molar refractivity (Wildman–Crippen MR) is 96.7 cm³/mol. The second-order valence-corrected chi connectivity index (χ2v) is 5.59. The third-order valence-electron chi connectivity index (χ3n) is 3.84. The Bertz CT molecular complexity index is 893. The Morgan fingerprint density at radius 2 is 1.44 bits per heavy atom. The average molecular weight is 332 g/mol. The Labute approximate surface area is 145 Å². The third-order valence-corrected chi connectivity index (χ3v) is 3.84. The van der Waals surface area contributed by atoms with E-state index in [9.17, 15) is 4.79 Å². The molecule has 4 rings (SSSR count). The van der Waals surface area contributed by atoms with E-state index in [4.69, 9.17) is 9.47 Å². The average Bonchev–Trinajstić information content (AvgIpc) is 3.12. The van der Waals surface area contributed by atoms with Gasteiger partial charge in [-0.25, -0.2) is 0 Å². The summed E-state index contributed by atoms with van der Waals surface area (Å²) in [6, 6.07) is 22.6. The third kappa shape index (κ3) is 3.40. The molecule has 0 saturated carbocycles. The van der Waals surface area contributed by atoms with E-state index >= 15 is 0 Å². The van der Waals surface area contributed by atoms with Crippen LogP contribution in [-0.2, 0) is 0 Å². The Morgan fingerprint density at radius 1 is 0.760 bits per heavy atom. The fourth-order valence-corrected chi connectivity index (χ4v) is 2.57. The van der Waals surface area contributed by atoms with Gasteiger partial charge in [0.1, 0.15) is 0 Å². The van der Waals surface area contributed by atoms with Gasteiger partial charge >= 0.3 is 0 Å². The molecule has 0 spiro atoms. The van der Waals surface area contributed by atoms with Gasteiger partial charge in [-0.2, -0.15) is 0 Å². The number of nitrogens with one attached hydrogen (secondary N) is 2. The summed E-state index contributed by atoms with van der Waals surface area (Å²) in [7, 11) is 0. The van der Waals surface area contributed by atoms with Gasteiger partial charge in [0.05, 0.1) is 0 Å². The van der Waals surface area contributed by atoms with Gasteiger partial charge in [-0.05, 0) is 54.6 Å². The Balaban J connectivity index is 1.43. The van der Waals surface area contributed by atoms with Crippen molar-refractivity contribution in [1.29, 1.82) is 0 Å². The lowest BCUT2D eigenvalue weighted by Gasteiger charge is -2.09. The minimum absolute atomic E-state index is 0.191. The monoisotopic (exact) mass is 332 g/mol. The number of benzene rings is 3. The van der Waals surface area contributed by atoms with Crippen molar-refractivity contribution in [3.63, 3.8) is 0 Å². The van der Waals surface area contributed by atoms with Crippen LogP contribution in [0.5, 0.6) is 11.5 Å². The van der Waals surface area contributed by atoms with Crippen LogP contribution in [0.1, 0.15) is 10.4 Å². The second kappa shape index (κ2) is 6.57. The van der Waals surface area contributed by atoms with Crippen molar-refractivity contribution in [2.24, 2.45) is 0 Å². The van der Waals surface area contributed by atoms with Crippen molar-refractivity contribution in [2.75, 3.05) is 17.4 Å². The lowest BCUT2D eigenvalue weighted by Crippen LogP contribution is -2.11. The van der Waals surface area contributed by atoms with E-state index in [0.717, 1.165) is 17.1 Å². The molecule has 0 bridgehead atoms. The molecule has 3 aromatic carbocycles. The highest BCUT2D eigenvalue weighted by molar-refractivity contribution is 6.04. The maximum atomic E-state index is 12.4. The molecule has 5 heteroatoms. The lowest BCUT2D eigenvalue weighted by molar-refractivity contribution is 0.102. The van der Waals surface area contributed by atoms with Crippen LogP contribution in [0.3, 0.4) is 0 Å². The first kappa shape index (κ1) is 15.1. The molecule has 5 nitrogen and oxygen atoms in total. The first-order valence-corrected chi connectivity index (χ1v) is 7.91. The smallest absolute Gasteiger partial charge is 0.255 e. The Hall–Kier alpha value is -3.47. The minimum atomic E-state index is -0.193. The topological polar surface area (TPSA) is 59.6 Å². The van der Waals surface area contributed by atoms with E-state index in [2.05, 4.69) is 10.6 Å². The van der Waals surface area contributed by atoms with Crippen LogP contribution in [0.4, 0.5) is 17.1 Å². The lowest BCUT2D eigenvalue weighted by atomic mass is 10.2. The zero-order chi connectivity index (χ0) is 17.1. The number of anilines is 3. The van der Waals surface area contributed by atoms with Crippen LogP contribution in [0.2, 0.25) is 0 Å². The molecule has 3 aromatic rings. The van der Waals surface area contributed by atoms with Gasteiger partial charge in [-0.1, -0.05) is 18.2 Å². The largest absolute Gasteiger partial charge is 0.454 e. The maximum absolute atomic E-state index is 12.4. The van der Waals surface area contributed by atoms with Crippen LogP contribution in [0.15, 0.2) is 72.8 Å². The molecule has 0 atom stereocenters. The van der Waals surface area contributed by atoms with Gasteiger partial charge in [0.25, 0.3) is 5.91 Å². The molecular weight excluding hydrogens is 316 g/mol. The van der Waals surface area contributed by atoms with E-state index in [0.29, 0.717) is 17.1 Å². The first-order valence-electron chi connectivity index (χ1n) is 7.91. The molecule has 1 amide bonds. The summed E-state index contributed by atoms with van der Waals surface area (Å²) in [6.45, 7) is 0.191. The molecule has 25 heavy (non-hydrogen) atoms. The van der Waals surface area contributed by atoms with Crippen LogP contribution in [-0.4, -0.2) is 12.7 Å². The number of ether oxygens (including phenoxy) is 2. The van der Waals surface area contributed by atoms with Crippen LogP contribution in [0, 0.1) is 0 Å². The molecule has 2 N–H and O–H groups in total. The molecule has 0 aromatic heterocycles. The van der Waals surface area contributed by atoms with Crippen molar-refractivity contribution in [2.45, 2.75) is 0 Å². The van der Waals surface area contributed by atoms with Crippen molar-refractivity contribution >= 4 is 23.0 Å². The number of hydrogen-bond donors (Lipinski definition) is 2. The van der Waals surface area contributed by atoms with E-state index in [1.807, 2.05) is 54.6 Å².